The molecule has 2 saturated heterocycles. The summed E-state index contributed by atoms with van der Waals surface area (Å²) in [5.41, 5.74) is 0.420. The molecule has 1 aromatic rings. The van der Waals surface area contributed by atoms with E-state index >= 15 is 0 Å². The SMILES string of the molecule is CC(C)CC(=O)N1CCC([C@H](NC(=O)c2ccc3c(c2)OCO3)C(=O)N2CCOCC2)CC1. The van der Waals surface area contributed by atoms with Crippen LogP contribution in [0.3, 0.4) is 0 Å². The van der Waals surface area contributed by atoms with Gasteiger partial charge in [0.05, 0.1) is 13.2 Å². The van der Waals surface area contributed by atoms with E-state index < -0.39 is 6.04 Å². The number of hydrogen-bond donors (Lipinski definition) is 1. The van der Waals surface area contributed by atoms with Crippen molar-refractivity contribution in [3.8, 4) is 11.5 Å². The molecule has 0 unspecified atom stereocenters. The van der Waals surface area contributed by atoms with Crippen molar-refractivity contribution in [2.75, 3.05) is 46.2 Å². The average molecular weight is 460 g/mol. The summed E-state index contributed by atoms with van der Waals surface area (Å²) < 4.78 is 16.1. The Morgan fingerprint density at radius 3 is 2.39 bits per heavy atom. The molecule has 0 aliphatic carbocycles. The highest BCUT2D eigenvalue weighted by Gasteiger charge is 2.36. The zero-order chi connectivity index (χ0) is 23.4. The summed E-state index contributed by atoms with van der Waals surface area (Å²) in [6.45, 7) is 7.43. The van der Waals surface area contributed by atoms with E-state index in [-0.39, 0.29) is 30.4 Å². The fourth-order valence-electron chi connectivity index (χ4n) is 4.58. The van der Waals surface area contributed by atoms with Crippen molar-refractivity contribution in [3.05, 3.63) is 23.8 Å². The topological polar surface area (TPSA) is 97.4 Å². The minimum Gasteiger partial charge on any atom is -0.454 e. The van der Waals surface area contributed by atoms with Crippen LogP contribution in [0.15, 0.2) is 18.2 Å². The van der Waals surface area contributed by atoms with Crippen molar-refractivity contribution < 1.29 is 28.6 Å². The summed E-state index contributed by atoms with van der Waals surface area (Å²) in [7, 11) is 0. The Morgan fingerprint density at radius 1 is 1.00 bits per heavy atom. The van der Waals surface area contributed by atoms with E-state index in [2.05, 4.69) is 5.32 Å². The Balaban J connectivity index is 1.46. The highest BCUT2D eigenvalue weighted by Crippen LogP contribution is 2.32. The first-order valence-corrected chi connectivity index (χ1v) is 11.8. The number of likely N-dealkylation sites (tertiary alicyclic amines) is 1. The number of hydrogen-bond acceptors (Lipinski definition) is 6. The number of rotatable bonds is 6. The van der Waals surface area contributed by atoms with E-state index in [1.165, 1.54) is 0 Å². The number of morpholine rings is 1. The fraction of sp³-hybridized carbons (Fsp3) is 0.625. The number of nitrogens with zero attached hydrogens (tertiary/aromatic N) is 2. The Labute approximate surface area is 194 Å². The number of amides is 3. The molecule has 2 fully saturated rings. The number of benzene rings is 1. The van der Waals surface area contributed by atoms with Gasteiger partial charge < -0.3 is 29.3 Å². The van der Waals surface area contributed by atoms with Crippen LogP contribution in [0.4, 0.5) is 0 Å². The minimum atomic E-state index is -0.650. The van der Waals surface area contributed by atoms with Crippen molar-refractivity contribution in [2.45, 2.75) is 39.2 Å². The molecule has 180 valence electrons. The molecule has 3 amide bonds. The van der Waals surface area contributed by atoms with Gasteiger partial charge in [0.15, 0.2) is 11.5 Å². The number of ether oxygens (including phenoxy) is 3. The van der Waals surface area contributed by atoms with Gasteiger partial charge in [0.25, 0.3) is 5.91 Å². The molecule has 1 atom stereocenters. The summed E-state index contributed by atoms with van der Waals surface area (Å²) in [4.78, 5) is 42.7. The molecule has 1 N–H and O–H groups in total. The first-order valence-electron chi connectivity index (χ1n) is 11.8. The third kappa shape index (κ3) is 5.58. The average Bonchev–Trinajstić information content (AvgIpc) is 3.30. The Morgan fingerprint density at radius 2 is 1.70 bits per heavy atom. The van der Waals surface area contributed by atoms with Crippen LogP contribution in [0.2, 0.25) is 0 Å². The monoisotopic (exact) mass is 459 g/mol. The molecule has 0 radical (unpaired) electrons. The van der Waals surface area contributed by atoms with Gasteiger partial charge in [-0.15, -0.1) is 0 Å². The van der Waals surface area contributed by atoms with Crippen LogP contribution in [-0.2, 0) is 14.3 Å². The van der Waals surface area contributed by atoms with Gasteiger partial charge in [0.2, 0.25) is 18.6 Å². The lowest BCUT2D eigenvalue weighted by molar-refractivity contribution is -0.139. The second-order valence-corrected chi connectivity index (χ2v) is 9.27. The van der Waals surface area contributed by atoms with Crippen LogP contribution < -0.4 is 14.8 Å². The van der Waals surface area contributed by atoms with E-state index in [0.29, 0.717) is 81.6 Å². The zero-order valence-corrected chi connectivity index (χ0v) is 19.4. The van der Waals surface area contributed by atoms with E-state index in [1.807, 2.05) is 18.7 Å². The summed E-state index contributed by atoms with van der Waals surface area (Å²) in [5.74, 6) is 1.15. The minimum absolute atomic E-state index is 0.0404. The molecule has 9 heteroatoms. The fourth-order valence-corrected chi connectivity index (χ4v) is 4.58. The van der Waals surface area contributed by atoms with Crippen molar-refractivity contribution in [1.82, 2.24) is 15.1 Å². The molecule has 4 rings (SSSR count). The van der Waals surface area contributed by atoms with Crippen LogP contribution in [0, 0.1) is 11.8 Å². The maximum absolute atomic E-state index is 13.4. The Kier molecular flexibility index (Phi) is 7.37. The Hall–Kier alpha value is -2.81. The molecule has 0 aromatic heterocycles. The molecule has 9 nitrogen and oxygen atoms in total. The second kappa shape index (κ2) is 10.4. The molecule has 3 heterocycles. The maximum atomic E-state index is 13.4. The molecule has 3 aliphatic rings. The number of carbonyl (C=O) groups excluding carboxylic acids is 3. The molecule has 0 saturated carbocycles. The van der Waals surface area contributed by atoms with Gasteiger partial charge in [-0.2, -0.15) is 0 Å². The first-order chi connectivity index (χ1) is 15.9. The summed E-state index contributed by atoms with van der Waals surface area (Å²) >= 11 is 0. The van der Waals surface area contributed by atoms with Crippen molar-refractivity contribution >= 4 is 17.7 Å². The van der Waals surface area contributed by atoms with Gasteiger partial charge in [0, 0.05) is 38.2 Å². The van der Waals surface area contributed by atoms with Gasteiger partial charge >= 0.3 is 0 Å². The van der Waals surface area contributed by atoms with E-state index in [0.717, 1.165) is 0 Å². The van der Waals surface area contributed by atoms with Crippen LogP contribution >= 0.6 is 0 Å². The third-order valence-electron chi connectivity index (χ3n) is 6.46. The number of nitrogens with one attached hydrogen (secondary N) is 1. The van der Waals surface area contributed by atoms with Gasteiger partial charge in [-0.05, 0) is 42.9 Å². The van der Waals surface area contributed by atoms with Crippen molar-refractivity contribution in [2.24, 2.45) is 11.8 Å². The molecular formula is C24H33N3O6. The molecular weight excluding hydrogens is 426 g/mol. The van der Waals surface area contributed by atoms with E-state index in [1.54, 1.807) is 23.1 Å². The van der Waals surface area contributed by atoms with Crippen LogP contribution in [0.1, 0.15) is 43.5 Å². The van der Waals surface area contributed by atoms with Crippen LogP contribution in [-0.4, -0.2) is 79.7 Å². The normalized spacial score (nSPS) is 19.5. The highest BCUT2D eigenvalue weighted by atomic mass is 16.7. The maximum Gasteiger partial charge on any atom is 0.252 e. The quantitative estimate of drug-likeness (QED) is 0.695. The largest absolute Gasteiger partial charge is 0.454 e. The van der Waals surface area contributed by atoms with Gasteiger partial charge in [-0.3, -0.25) is 14.4 Å². The van der Waals surface area contributed by atoms with E-state index in [9.17, 15) is 14.4 Å². The molecule has 0 bridgehead atoms. The van der Waals surface area contributed by atoms with Gasteiger partial charge in [-0.1, -0.05) is 13.8 Å². The van der Waals surface area contributed by atoms with Crippen LogP contribution in [0.25, 0.3) is 0 Å². The standard InChI is InChI=1S/C24H33N3O6/c1-16(2)13-21(28)26-7-5-17(6-8-26)22(24(30)27-9-11-31-12-10-27)25-23(29)18-3-4-19-20(14-18)33-15-32-19/h3-4,14,16-17,22H,5-13,15H2,1-2H3,(H,25,29)/t22-/m0/s1. The molecule has 33 heavy (non-hydrogen) atoms. The first kappa shape index (κ1) is 23.4. The molecule has 1 aromatic carbocycles. The second-order valence-electron chi connectivity index (χ2n) is 9.27. The molecule has 0 spiro atoms. The lowest BCUT2D eigenvalue weighted by Gasteiger charge is -2.38. The highest BCUT2D eigenvalue weighted by molar-refractivity contribution is 5.98. The summed E-state index contributed by atoms with van der Waals surface area (Å²) in [6.07, 6.45) is 1.87. The van der Waals surface area contributed by atoms with Crippen molar-refractivity contribution in [1.29, 1.82) is 0 Å². The summed E-state index contributed by atoms with van der Waals surface area (Å²) in [5, 5.41) is 3.00. The lowest BCUT2D eigenvalue weighted by atomic mass is 9.87. The van der Waals surface area contributed by atoms with Gasteiger partial charge in [0.1, 0.15) is 6.04 Å². The lowest BCUT2D eigenvalue weighted by Crippen LogP contribution is -2.56. The zero-order valence-electron chi connectivity index (χ0n) is 19.4. The predicted octanol–water partition coefficient (Wildman–Crippen LogP) is 1.66. The Bertz CT molecular complexity index is 875. The summed E-state index contributed by atoms with van der Waals surface area (Å²) in [6, 6.07) is 4.37. The number of fused-ring (bicyclic) bond motifs is 1. The van der Waals surface area contributed by atoms with Crippen LogP contribution in [0.5, 0.6) is 11.5 Å². The van der Waals surface area contributed by atoms with E-state index in [4.69, 9.17) is 14.2 Å². The number of carbonyl (C=O) groups is 3. The molecule has 3 aliphatic heterocycles. The number of piperidine rings is 1. The van der Waals surface area contributed by atoms with Crippen molar-refractivity contribution in [3.63, 3.8) is 0 Å². The third-order valence-corrected chi connectivity index (χ3v) is 6.46. The predicted molar refractivity (Wildman–Crippen MR) is 120 cm³/mol. The van der Waals surface area contributed by atoms with Gasteiger partial charge in [-0.25, -0.2) is 0 Å². The smallest absolute Gasteiger partial charge is 0.252 e.